The molecule has 0 aliphatic rings. The van der Waals surface area contributed by atoms with Crippen LogP contribution >= 0.6 is 11.6 Å². The molecular weight excluding hydrogens is 404 g/mol. The smallest absolute Gasteiger partial charge is 0.245 e. The Labute approximate surface area is 183 Å². The van der Waals surface area contributed by atoms with Gasteiger partial charge < -0.3 is 15.0 Å². The van der Waals surface area contributed by atoms with E-state index in [2.05, 4.69) is 10.4 Å². The number of nitrogens with one attached hydrogen (secondary N) is 1. The fraction of sp³-hybridized carbons (Fsp3) is 0.500. The Hall–Kier alpha value is -2.38. The zero-order valence-electron chi connectivity index (χ0n) is 18.4. The van der Waals surface area contributed by atoms with Crippen molar-refractivity contribution < 1.29 is 14.3 Å². The van der Waals surface area contributed by atoms with E-state index in [-0.39, 0.29) is 23.8 Å². The molecule has 0 spiro atoms. The highest BCUT2D eigenvalue weighted by Crippen LogP contribution is 2.29. The first-order chi connectivity index (χ1) is 14.2. The first kappa shape index (κ1) is 23.9. The van der Waals surface area contributed by atoms with Crippen LogP contribution in [0.2, 0.25) is 5.02 Å². The Morgan fingerprint density at radius 2 is 1.97 bits per heavy atom. The number of hydrogen-bond donors (Lipinski definition) is 1. The normalized spacial score (nSPS) is 11.4. The molecule has 2 rings (SSSR count). The van der Waals surface area contributed by atoms with Crippen molar-refractivity contribution in [2.75, 3.05) is 32.1 Å². The van der Waals surface area contributed by atoms with E-state index in [1.807, 2.05) is 52.0 Å². The van der Waals surface area contributed by atoms with Crippen LogP contribution in [-0.2, 0) is 19.7 Å². The number of benzene rings is 1. The summed E-state index contributed by atoms with van der Waals surface area (Å²) in [6, 6.07) is 9.16. The largest absolute Gasteiger partial charge is 0.383 e. The number of amides is 2. The number of nitrogens with zero attached hydrogens (tertiary/aromatic N) is 3. The maximum absolute atomic E-state index is 12.8. The van der Waals surface area contributed by atoms with Crippen molar-refractivity contribution in [2.45, 2.75) is 46.0 Å². The standard InChI is InChI=1S/C22H31ClN4O3/c1-6-9-21(29)26(12-13-30-5)15-20(28)24-19-14-18(22(2,3)4)25-27(19)17-11-8-7-10-16(17)23/h7-8,10-11,14H,6,9,12-13,15H2,1-5H3,(H,24,28). The van der Waals surface area contributed by atoms with Crippen LogP contribution in [0.5, 0.6) is 0 Å². The number of ether oxygens (including phenoxy) is 1. The molecule has 0 unspecified atom stereocenters. The molecule has 0 saturated heterocycles. The number of hydrogen-bond acceptors (Lipinski definition) is 4. The van der Waals surface area contributed by atoms with E-state index >= 15 is 0 Å². The Bertz CT molecular complexity index is 874. The third-order valence-electron chi connectivity index (χ3n) is 4.54. The van der Waals surface area contributed by atoms with Gasteiger partial charge in [0.05, 0.1) is 29.6 Å². The maximum atomic E-state index is 12.8. The number of methoxy groups -OCH3 is 1. The molecule has 0 aliphatic heterocycles. The molecule has 0 bridgehead atoms. The molecule has 2 aromatic rings. The molecule has 1 aromatic carbocycles. The van der Waals surface area contributed by atoms with Gasteiger partial charge in [-0.3, -0.25) is 9.59 Å². The molecule has 8 heteroatoms. The second kappa shape index (κ2) is 10.6. The van der Waals surface area contributed by atoms with Gasteiger partial charge in [0.15, 0.2) is 0 Å². The second-order valence-corrected chi connectivity index (χ2v) is 8.54. The Morgan fingerprint density at radius 1 is 1.27 bits per heavy atom. The van der Waals surface area contributed by atoms with E-state index in [1.54, 1.807) is 17.9 Å². The lowest BCUT2D eigenvalue weighted by atomic mass is 9.92. The van der Waals surface area contributed by atoms with Gasteiger partial charge in [0.2, 0.25) is 11.8 Å². The van der Waals surface area contributed by atoms with E-state index in [0.717, 1.165) is 12.1 Å². The first-order valence-corrected chi connectivity index (χ1v) is 10.5. The van der Waals surface area contributed by atoms with Gasteiger partial charge in [0, 0.05) is 31.6 Å². The van der Waals surface area contributed by atoms with Gasteiger partial charge in [-0.05, 0) is 18.6 Å². The van der Waals surface area contributed by atoms with Gasteiger partial charge in [-0.15, -0.1) is 0 Å². The number of carbonyl (C=O) groups excluding carboxylic acids is 2. The van der Waals surface area contributed by atoms with E-state index in [9.17, 15) is 9.59 Å². The molecule has 1 N–H and O–H groups in total. The van der Waals surface area contributed by atoms with Crippen LogP contribution in [0.15, 0.2) is 30.3 Å². The van der Waals surface area contributed by atoms with Crippen molar-refractivity contribution in [2.24, 2.45) is 0 Å². The SMILES string of the molecule is CCCC(=O)N(CCOC)CC(=O)Nc1cc(C(C)(C)C)nn1-c1ccccc1Cl. The zero-order chi connectivity index (χ0) is 22.3. The lowest BCUT2D eigenvalue weighted by Crippen LogP contribution is -2.40. The van der Waals surface area contributed by atoms with Crippen LogP contribution in [0, 0.1) is 0 Å². The molecule has 0 fully saturated rings. The molecular formula is C22H31ClN4O3. The number of anilines is 1. The quantitative estimate of drug-likeness (QED) is 0.646. The minimum Gasteiger partial charge on any atom is -0.383 e. The summed E-state index contributed by atoms with van der Waals surface area (Å²) in [7, 11) is 1.57. The van der Waals surface area contributed by atoms with Crippen molar-refractivity contribution in [3.05, 3.63) is 41.0 Å². The number of carbonyl (C=O) groups is 2. The first-order valence-electron chi connectivity index (χ1n) is 10.1. The lowest BCUT2D eigenvalue weighted by Gasteiger charge is -2.22. The number of aromatic nitrogens is 2. The van der Waals surface area contributed by atoms with Gasteiger partial charge in [-0.1, -0.05) is 51.4 Å². The van der Waals surface area contributed by atoms with E-state index in [1.165, 1.54) is 4.90 Å². The third-order valence-corrected chi connectivity index (χ3v) is 4.86. The molecule has 2 amide bonds. The number of halogens is 1. The maximum Gasteiger partial charge on any atom is 0.245 e. The Kier molecular flexibility index (Phi) is 8.43. The molecule has 1 heterocycles. The summed E-state index contributed by atoms with van der Waals surface area (Å²) in [5.74, 6) is 0.136. The summed E-state index contributed by atoms with van der Waals surface area (Å²) in [6.45, 7) is 8.76. The average Bonchev–Trinajstić information content (AvgIpc) is 3.09. The van der Waals surface area contributed by atoms with Gasteiger partial charge >= 0.3 is 0 Å². The number of rotatable bonds is 9. The fourth-order valence-corrected chi connectivity index (χ4v) is 3.08. The van der Waals surface area contributed by atoms with Crippen molar-refractivity contribution in [3.63, 3.8) is 0 Å². The van der Waals surface area contributed by atoms with Crippen LogP contribution in [-0.4, -0.2) is 53.3 Å². The monoisotopic (exact) mass is 434 g/mol. The Morgan fingerprint density at radius 3 is 2.57 bits per heavy atom. The molecule has 0 saturated carbocycles. The summed E-state index contributed by atoms with van der Waals surface area (Å²) in [4.78, 5) is 26.7. The molecule has 7 nitrogen and oxygen atoms in total. The van der Waals surface area contributed by atoms with E-state index in [4.69, 9.17) is 16.3 Å². The predicted molar refractivity (Wildman–Crippen MR) is 119 cm³/mol. The molecule has 1 aromatic heterocycles. The van der Waals surface area contributed by atoms with E-state index < -0.39 is 0 Å². The number of para-hydroxylation sites is 1. The van der Waals surface area contributed by atoms with Crippen LogP contribution < -0.4 is 5.32 Å². The fourth-order valence-electron chi connectivity index (χ4n) is 2.86. The lowest BCUT2D eigenvalue weighted by molar-refractivity contribution is -0.135. The highest BCUT2D eigenvalue weighted by molar-refractivity contribution is 6.32. The van der Waals surface area contributed by atoms with Crippen molar-refractivity contribution in [3.8, 4) is 5.69 Å². The molecule has 30 heavy (non-hydrogen) atoms. The van der Waals surface area contributed by atoms with Gasteiger partial charge in [0.25, 0.3) is 0 Å². The van der Waals surface area contributed by atoms with Crippen molar-refractivity contribution in [1.29, 1.82) is 0 Å². The minimum atomic E-state index is -0.302. The Balaban J connectivity index is 2.29. The third kappa shape index (κ3) is 6.31. The minimum absolute atomic E-state index is 0.0548. The van der Waals surface area contributed by atoms with Crippen LogP contribution in [0.1, 0.15) is 46.2 Å². The van der Waals surface area contributed by atoms with E-state index in [0.29, 0.717) is 36.1 Å². The summed E-state index contributed by atoms with van der Waals surface area (Å²) < 4.78 is 6.71. The van der Waals surface area contributed by atoms with Gasteiger partial charge in [0.1, 0.15) is 5.82 Å². The zero-order valence-corrected chi connectivity index (χ0v) is 19.1. The van der Waals surface area contributed by atoms with Gasteiger partial charge in [-0.2, -0.15) is 5.10 Å². The molecule has 0 radical (unpaired) electrons. The highest BCUT2D eigenvalue weighted by atomic mass is 35.5. The van der Waals surface area contributed by atoms with Crippen LogP contribution in [0.25, 0.3) is 5.69 Å². The van der Waals surface area contributed by atoms with Gasteiger partial charge in [-0.25, -0.2) is 4.68 Å². The van der Waals surface area contributed by atoms with Crippen LogP contribution in [0.4, 0.5) is 5.82 Å². The van der Waals surface area contributed by atoms with Crippen LogP contribution in [0.3, 0.4) is 0 Å². The van der Waals surface area contributed by atoms with Crippen molar-refractivity contribution >= 4 is 29.2 Å². The average molecular weight is 435 g/mol. The topological polar surface area (TPSA) is 76.5 Å². The molecule has 164 valence electrons. The highest BCUT2D eigenvalue weighted by Gasteiger charge is 2.23. The molecule has 0 atom stereocenters. The summed E-state index contributed by atoms with van der Waals surface area (Å²) in [6.07, 6.45) is 1.11. The second-order valence-electron chi connectivity index (χ2n) is 8.13. The molecule has 0 aliphatic carbocycles. The summed E-state index contributed by atoms with van der Waals surface area (Å²) in [5, 5.41) is 8.10. The summed E-state index contributed by atoms with van der Waals surface area (Å²) in [5.41, 5.74) is 1.27. The predicted octanol–water partition coefficient (Wildman–Crippen LogP) is 4.04. The van der Waals surface area contributed by atoms with Crippen molar-refractivity contribution in [1.82, 2.24) is 14.7 Å². The summed E-state index contributed by atoms with van der Waals surface area (Å²) >= 11 is 6.37.